The second-order valence-electron chi connectivity index (χ2n) is 7.04. The topological polar surface area (TPSA) is 59.8 Å². The number of carbonyl (C=O) groups excluding carboxylic acids is 1. The number of methoxy groups -OCH3 is 2. The molecule has 0 bridgehead atoms. The summed E-state index contributed by atoms with van der Waals surface area (Å²) in [6.07, 6.45) is 4.14. The van der Waals surface area contributed by atoms with E-state index in [0.717, 1.165) is 11.1 Å². The number of likely N-dealkylation sites (tertiary alicyclic amines) is 1. The fraction of sp³-hybridized carbons (Fsp3) is 0.500. The van der Waals surface area contributed by atoms with Crippen molar-refractivity contribution in [3.8, 4) is 0 Å². The van der Waals surface area contributed by atoms with Gasteiger partial charge in [0.05, 0.1) is 19.3 Å². The minimum atomic E-state index is -0.547. The van der Waals surface area contributed by atoms with Crippen LogP contribution in [0.15, 0.2) is 42.7 Å². The average molecular weight is 372 g/mol. The number of ether oxygens (including phenoxy) is 2. The Bertz CT molecular complexity index is 764. The molecule has 0 saturated carbocycles. The maximum atomic E-state index is 12.9. The van der Waals surface area contributed by atoms with Gasteiger partial charge in [-0.05, 0) is 5.56 Å². The second kappa shape index (κ2) is 8.10. The van der Waals surface area contributed by atoms with Crippen LogP contribution in [0, 0.1) is 0 Å². The first kappa shape index (κ1) is 19.4. The van der Waals surface area contributed by atoms with Gasteiger partial charge in [-0.1, -0.05) is 30.3 Å². The van der Waals surface area contributed by atoms with Gasteiger partial charge in [-0.25, -0.2) is 4.79 Å². The van der Waals surface area contributed by atoms with Gasteiger partial charge in [0, 0.05) is 53.0 Å². The van der Waals surface area contributed by atoms with Crippen LogP contribution in [0.4, 0.5) is 4.79 Å². The summed E-state index contributed by atoms with van der Waals surface area (Å²) in [6, 6.07) is 10.1. The fourth-order valence-corrected chi connectivity index (χ4v) is 3.88. The fourth-order valence-electron chi connectivity index (χ4n) is 3.88. The Morgan fingerprint density at radius 3 is 2.67 bits per heavy atom. The van der Waals surface area contributed by atoms with Gasteiger partial charge in [0.25, 0.3) is 0 Å². The molecule has 146 valence electrons. The van der Waals surface area contributed by atoms with Crippen molar-refractivity contribution in [3.63, 3.8) is 0 Å². The number of rotatable bonds is 5. The SMILES string of the molecule is CO[C@@H]1CN(C(=O)N(C)Cc2cnn(C)c2)CC[C@@]1(OC)c1ccccc1. The lowest BCUT2D eigenvalue weighted by Gasteiger charge is -2.47. The summed E-state index contributed by atoms with van der Waals surface area (Å²) in [6.45, 7) is 1.61. The molecule has 1 fully saturated rings. The van der Waals surface area contributed by atoms with Crippen LogP contribution in [-0.4, -0.2) is 66.1 Å². The van der Waals surface area contributed by atoms with E-state index >= 15 is 0 Å². The minimum absolute atomic E-state index is 0.0151. The summed E-state index contributed by atoms with van der Waals surface area (Å²) < 4.78 is 13.5. The van der Waals surface area contributed by atoms with Crippen molar-refractivity contribution in [2.45, 2.75) is 24.7 Å². The molecule has 27 heavy (non-hydrogen) atoms. The standard InChI is InChI=1S/C20H28N4O3/c1-22(13-16-12-21-23(2)14-16)19(25)24-11-10-20(27-4,18(15-24)26-3)17-8-6-5-7-9-17/h5-9,12,14,18H,10-11,13,15H2,1-4H3/t18-,20-/m1/s1. The zero-order valence-corrected chi connectivity index (χ0v) is 16.5. The summed E-state index contributed by atoms with van der Waals surface area (Å²) in [5.74, 6) is 0. The Morgan fingerprint density at radius 2 is 2.07 bits per heavy atom. The molecule has 0 aliphatic carbocycles. The van der Waals surface area contributed by atoms with Crippen molar-refractivity contribution in [1.82, 2.24) is 19.6 Å². The van der Waals surface area contributed by atoms with Gasteiger partial charge >= 0.3 is 6.03 Å². The molecule has 7 nitrogen and oxygen atoms in total. The summed E-state index contributed by atoms with van der Waals surface area (Å²) in [7, 11) is 7.07. The second-order valence-corrected chi connectivity index (χ2v) is 7.04. The van der Waals surface area contributed by atoms with Gasteiger partial charge in [-0.15, -0.1) is 0 Å². The quantitative estimate of drug-likeness (QED) is 0.808. The number of aryl methyl sites for hydroxylation is 1. The predicted octanol–water partition coefficient (Wildman–Crippen LogP) is 2.23. The first-order valence-corrected chi connectivity index (χ1v) is 9.11. The molecule has 2 heterocycles. The molecule has 1 aliphatic heterocycles. The molecular weight excluding hydrogens is 344 g/mol. The molecule has 0 radical (unpaired) electrons. The zero-order chi connectivity index (χ0) is 19.4. The van der Waals surface area contributed by atoms with E-state index in [4.69, 9.17) is 9.47 Å². The monoisotopic (exact) mass is 372 g/mol. The van der Waals surface area contributed by atoms with E-state index in [1.54, 1.807) is 30.0 Å². The molecule has 2 aromatic rings. The highest BCUT2D eigenvalue weighted by Crippen LogP contribution is 2.38. The highest BCUT2D eigenvalue weighted by molar-refractivity contribution is 5.74. The van der Waals surface area contributed by atoms with Gasteiger partial charge in [-0.3, -0.25) is 4.68 Å². The summed E-state index contributed by atoms with van der Waals surface area (Å²) in [5.41, 5.74) is 1.54. The first-order valence-electron chi connectivity index (χ1n) is 9.11. The number of amides is 2. The average Bonchev–Trinajstić information content (AvgIpc) is 3.12. The van der Waals surface area contributed by atoms with Crippen molar-refractivity contribution in [3.05, 3.63) is 53.9 Å². The molecule has 7 heteroatoms. The first-order chi connectivity index (χ1) is 13.0. The zero-order valence-electron chi connectivity index (χ0n) is 16.5. The Morgan fingerprint density at radius 1 is 1.33 bits per heavy atom. The number of hydrogen-bond acceptors (Lipinski definition) is 4. The highest BCUT2D eigenvalue weighted by atomic mass is 16.5. The molecular formula is C20H28N4O3. The molecule has 2 amide bonds. The van der Waals surface area contributed by atoms with Crippen LogP contribution in [0.5, 0.6) is 0 Å². The number of nitrogens with zero attached hydrogens (tertiary/aromatic N) is 4. The van der Waals surface area contributed by atoms with E-state index < -0.39 is 5.60 Å². The molecule has 0 unspecified atom stereocenters. The van der Waals surface area contributed by atoms with Crippen LogP contribution in [0.25, 0.3) is 0 Å². The van der Waals surface area contributed by atoms with Gasteiger partial charge in [0.1, 0.15) is 11.7 Å². The van der Waals surface area contributed by atoms with Crippen LogP contribution < -0.4 is 0 Å². The molecule has 1 aromatic carbocycles. The van der Waals surface area contributed by atoms with Crippen LogP contribution in [0.3, 0.4) is 0 Å². The van der Waals surface area contributed by atoms with E-state index in [1.165, 1.54) is 0 Å². The number of hydrogen-bond donors (Lipinski definition) is 0. The maximum absolute atomic E-state index is 12.9. The van der Waals surface area contributed by atoms with Crippen LogP contribution in [0.1, 0.15) is 17.5 Å². The lowest BCUT2D eigenvalue weighted by Crippen LogP contribution is -2.58. The molecule has 0 N–H and O–H groups in total. The molecule has 2 atom stereocenters. The van der Waals surface area contributed by atoms with Crippen molar-refractivity contribution in [2.75, 3.05) is 34.4 Å². The Balaban J connectivity index is 1.72. The third kappa shape index (κ3) is 3.84. The Kier molecular flexibility index (Phi) is 5.82. The number of piperidine rings is 1. The van der Waals surface area contributed by atoms with Crippen molar-refractivity contribution >= 4 is 6.03 Å². The lowest BCUT2D eigenvalue weighted by molar-refractivity contribution is -0.153. The van der Waals surface area contributed by atoms with Gasteiger partial charge in [0.2, 0.25) is 0 Å². The van der Waals surface area contributed by atoms with Crippen molar-refractivity contribution in [1.29, 1.82) is 0 Å². The van der Waals surface area contributed by atoms with Crippen molar-refractivity contribution in [2.24, 2.45) is 7.05 Å². The molecule has 1 aliphatic rings. The van der Waals surface area contributed by atoms with Gasteiger partial charge < -0.3 is 19.3 Å². The van der Waals surface area contributed by atoms with E-state index in [9.17, 15) is 4.79 Å². The number of benzene rings is 1. The summed E-state index contributed by atoms with van der Waals surface area (Å²) in [4.78, 5) is 16.5. The lowest BCUT2D eigenvalue weighted by atomic mass is 9.81. The van der Waals surface area contributed by atoms with E-state index in [-0.39, 0.29) is 12.1 Å². The maximum Gasteiger partial charge on any atom is 0.320 e. The predicted molar refractivity (Wildman–Crippen MR) is 102 cm³/mol. The normalized spacial score (nSPS) is 22.7. The van der Waals surface area contributed by atoms with E-state index in [1.807, 2.05) is 43.4 Å². The number of aromatic nitrogens is 2. The summed E-state index contributed by atoms with van der Waals surface area (Å²) in [5, 5.41) is 4.16. The third-order valence-corrected chi connectivity index (χ3v) is 5.35. The number of urea groups is 1. The van der Waals surface area contributed by atoms with Gasteiger partial charge in [-0.2, -0.15) is 5.10 Å². The van der Waals surface area contributed by atoms with E-state index in [0.29, 0.717) is 26.1 Å². The molecule has 1 aromatic heterocycles. The molecule has 0 spiro atoms. The Hall–Kier alpha value is -2.38. The van der Waals surface area contributed by atoms with Crippen LogP contribution in [0.2, 0.25) is 0 Å². The van der Waals surface area contributed by atoms with Crippen LogP contribution in [-0.2, 0) is 28.7 Å². The van der Waals surface area contributed by atoms with Crippen LogP contribution >= 0.6 is 0 Å². The highest BCUT2D eigenvalue weighted by Gasteiger charge is 2.46. The smallest absolute Gasteiger partial charge is 0.320 e. The largest absolute Gasteiger partial charge is 0.376 e. The van der Waals surface area contributed by atoms with Gasteiger partial charge in [0.15, 0.2) is 0 Å². The molecule has 1 saturated heterocycles. The molecule has 3 rings (SSSR count). The number of carbonyl (C=O) groups is 1. The minimum Gasteiger partial charge on any atom is -0.376 e. The van der Waals surface area contributed by atoms with Crippen molar-refractivity contribution < 1.29 is 14.3 Å². The third-order valence-electron chi connectivity index (χ3n) is 5.35. The summed E-state index contributed by atoms with van der Waals surface area (Å²) >= 11 is 0. The Labute approximate surface area is 160 Å². The van der Waals surface area contributed by atoms with E-state index in [2.05, 4.69) is 17.2 Å².